The van der Waals surface area contributed by atoms with Crippen molar-refractivity contribution in [2.45, 2.75) is 52.3 Å². The van der Waals surface area contributed by atoms with Crippen LogP contribution in [0.5, 0.6) is 0 Å². The Balaban J connectivity index is 3.05. The molecule has 6 nitrogen and oxygen atoms in total. The van der Waals surface area contributed by atoms with E-state index in [0.29, 0.717) is 11.3 Å². The summed E-state index contributed by atoms with van der Waals surface area (Å²) < 4.78 is 5.26. The Kier molecular flexibility index (Phi) is 5.54. The van der Waals surface area contributed by atoms with Crippen LogP contribution in [0, 0.1) is 0 Å². The van der Waals surface area contributed by atoms with Crippen LogP contribution in [-0.4, -0.2) is 28.8 Å². The van der Waals surface area contributed by atoms with Crippen molar-refractivity contribution in [2.75, 3.05) is 4.90 Å². The monoisotopic (exact) mass is 308 g/mol. The van der Waals surface area contributed by atoms with Crippen LogP contribution in [0.25, 0.3) is 0 Å². The highest BCUT2D eigenvalue weighted by atomic mass is 16.6. The average molecular weight is 308 g/mol. The van der Waals surface area contributed by atoms with Crippen LogP contribution in [0.4, 0.5) is 10.5 Å². The van der Waals surface area contributed by atoms with Crippen molar-refractivity contribution >= 4 is 17.7 Å². The highest BCUT2D eigenvalue weighted by Gasteiger charge is 2.25. The Morgan fingerprint density at radius 1 is 1.27 bits per heavy atom. The van der Waals surface area contributed by atoms with Crippen LogP contribution in [0.2, 0.25) is 0 Å². The molecular formula is C16H24N2O4. The van der Waals surface area contributed by atoms with Gasteiger partial charge in [-0.2, -0.15) is 0 Å². The van der Waals surface area contributed by atoms with E-state index in [1.54, 1.807) is 58.9 Å². The van der Waals surface area contributed by atoms with E-state index in [1.165, 1.54) is 4.90 Å². The lowest BCUT2D eigenvalue weighted by Gasteiger charge is -2.25. The molecule has 0 bridgehead atoms. The van der Waals surface area contributed by atoms with Gasteiger partial charge in [0.25, 0.3) is 0 Å². The standard InChI is InChI=1S/C16H24N2O4/c1-10(2)18(15(20)21)12-8-6-7-11(9-12)13(17)14(19)22-16(3,4)5/h6-10,13H,17H2,1-5H3,(H,20,21). The molecule has 6 heteroatoms. The Morgan fingerprint density at radius 3 is 2.32 bits per heavy atom. The maximum Gasteiger partial charge on any atom is 0.412 e. The van der Waals surface area contributed by atoms with Crippen LogP contribution in [0.1, 0.15) is 46.2 Å². The molecule has 0 saturated heterocycles. The SMILES string of the molecule is CC(C)N(C(=O)O)c1cccc(C(N)C(=O)OC(C)(C)C)c1. The van der Waals surface area contributed by atoms with E-state index in [-0.39, 0.29) is 6.04 Å². The molecule has 0 radical (unpaired) electrons. The van der Waals surface area contributed by atoms with Gasteiger partial charge in [-0.3, -0.25) is 4.90 Å². The molecule has 1 amide bonds. The summed E-state index contributed by atoms with van der Waals surface area (Å²) in [6.07, 6.45) is -1.06. The smallest absolute Gasteiger partial charge is 0.412 e. The van der Waals surface area contributed by atoms with Crippen molar-refractivity contribution in [3.8, 4) is 0 Å². The van der Waals surface area contributed by atoms with Gasteiger partial charge in [0.15, 0.2) is 0 Å². The highest BCUT2D eigenvalue weighted by molar-refractivity contribution is 5.87. The van der Waals surface area contributed by atoms with Crippen LogP contribution in [0.15, 0.2) is 24.3 Å². The van der Waals surface area contributed by atoms with E-state index in [2.05, 4.69) is 0 Å². The van der Waals surface area contributed by atoms with Gasteiger partial charge in [-0.25, -0.2) is 9.59 Å². The van der Waals surface area contributed by atoms with Gasteiger partial charge in [0.2, 0.25) is 0 Å². The minimum Gasteiger partial charge on any atom is -0.465 e. The van der Waals surface area contributed by atoms with Crippen molar-refractivity contribution in [3.05, 3.63) is 29.8 Å². The average Bonchev–Trinajstić information content (AvgIpc) is 2.35. The van der Waals surface area contributed by atoms with Crippen LogP contribution in [-0.2, 0) is 9.53 Å². The lowest BCUT2D eigenvalue weighted by atomic mass is 10.1. The zero-order valence-electron chi connectivity index (χ0n) is 13.7. The second-order valence-corrected chi connectivity index (χ2v) is 6.35. The lowest BCUT2D eigenvalue weighted by Crippen LogP contribution is -2.36. The fourth-order valence-corrected chi connectivity index (χ4v) is 2.00. The summed E-state index contributed by atoms with van der Waals surface area (Å²) in [6.45, 7) is 8.83. The van der Waals surface area contributed by atoms with Gasteiger partial charge in [0.05, 0.1) is 0 Å². The van der Waals surface area contributed by atoms with Gasteiger partial charge in [-0.15, -0.1) is 0 Å². The molecule has 0 heterocycles. The minimum atomic E-state index is -1.06. The zero-order valence-corrected chi connectivity index (χ0v) is 13.7. The third kappa shape index (κ3) is 4.73. The summed E-state index contributed by atoms with van der Waals surface area (Å²) in [5.74, 6) is -0.545. The first-order valence-corrected chi connectivity index (χ1v) is 7.13. The van der Waals surface area contributed by atoms with Crippen LogP contribution >= 0.6 is 0 Å². The number of anilines is 1. The zero-order chi connectivity index (χ0) is 17.1. The number of nitrogens with zero attached hydrogens (tertiary/aromatic N) is 1. The number of benzene rings is 1. The minimum absolute atomic E-state index is 0.231. The molecule has 1 atom stereocenters. The number of ether oxygens (including phenoxy) is 1. The van der Waals surface area contributed by atoms with E-state index < -0.39 is 23.7 Å². The molecule has 0 aliphatic heterocycles. The van der Waals surface area contributed by atoms with Gasteiger partial charge >= 0.3 is 12.1 Å². The van der Waals surface area contributed by atoms with Crippen LogP contribution in [0.3, 0.4) is 0 Å². The summed E-state index contributed by atoms with van der Waals surface area (Å²) in [6, 6.07) is 5.43. The maximum atomic E-state index is 12.0. The van der Waals surface area contributed by atoms with E-state index in [9.17, 15) is 14.7 Å². The first-order chi connectivity index (χ1) is 10.0. The molecule has 1 rings (SSSR count). The third-order valence-corrected chi connectivity index (χ3v) is 2.89. The Hall–Kier alpha value is -2.08. The van der Waals surface area contributed by atoms with Gasteiger partial charge in [0, 0.05) is 11.7 Å². The molecule has 1 aromatic carbocycles. The number of hydrogen-bond acceptors (Lipinski definition) is 4. The number of nitrogens with two attached hydrogens (primary N) is 1. The number of esters is 1. The van der Waals surface area contributed by atoms with Crippen molar-refractivity contribution in [1.29, 1.82) is 0 Å². The molecule has 0 aromatic heterocycles. The van der Waals surface area contributed by atoms with Crippen molar-refractivity contribution in [2.24, 2.45) is 5.73 Å². The number of carbonyl (C=O) groups is 2. The molecule has 0 saturated carbocycles. The molecule has 0 aliphatic carbocycles. The number of carboxylic acid groups (broad SMARTS) is 1. The van der Waals surface area contributed by atoms with E-state index in [4.69, 9.17) is 10.5 Å². The summed E-state index contributed by atoms with van der Waals surface area (Å²) in [7, 11) is 0. The first kappa shape index (κ1) is 18.0. The van der Waals surface area contributed by atoms with Crippen molar-refractivity contribution in [3.63, 3.8) is 0 Å². The highest BCUT2D eigenvalue weighted by Crippen LogP contribution is 2.23. The normalized spacial score (nSPS) is 12.9. The van der Waals surface area contributed by atoms with Crippen molar-refractivity contribution in [1.82, 2.24) is 0 Å². The first-order valence-electron chi connectivity index (χ1n) is 7.13. The molecular weight excluding hydrogens is 284 g/mol. The second kappa shape index (κ2) is 6.79. The van der Waals surface area contributed by atoms with Gasteiger partial charge < -0.3 is 15.6 Å². The Morgan fingerprint density at radius 2 is 1.86 bits per heavy atom. The van der Waals surface area contributed by atoms with Gasteiger partial charge in [-0.1, -0.05) is 12.1 Å². The second-order valence-electron chi connectivity index (χ2n) is 6.35. The van der Waals surface area contributed by atoms with Crippen molar-refractivity contribution < 1.29 is 19.4 Å². The Bertz CT molecular complexity index is 549. The molecule has 0 aliphatic rings. The molecule has 0 spiro atoms. The molecule has 3 N–H and O–H groups in total. The summed E-state index contributed by atoms with van der Waals surface area (Å²) in [5, 5.41) is 9.29. The molecule has 22 heavy (non-hydrogen) atoms. The molecule has 122 valence electrons. The molecule has 0 fully saturated rings. The quantitative estimate of drug-likeness (QED) is 0.834. The predicted molar refractivity (Wildman–Crippen MR) is 84.9 cm³/mol. The van der Waals surface area contributed by atoms with E-state index in [1.807, 2.05) is 0 Å². The van der Waals surface area contributed by atoms with E-state index in [0.717, 1.165) is 0 Å². The predicted octanol–water partition coefficient (Wildman–Crippen LogP) is 2.92. The fraction of sp³-hybridized carbons (Fsp3) is 0.500. The van der Waals surface area contributed by atoms with Crippen LogP contribution < -0.4 is 10.6 Å². The third-order valence-electron chi connectivity index (χ3n) is 2.89. The molecule has 1 unspecified atom stereocenters. The Labute approximate surface area is 130 Å². The summed E-state index contributed by atoms with van der Waals surface area (Å²) in [4.78, 5) is 24.6. The van der Waals surface area contributed by atoms with Gasteiger partial charge in [0.1, 0.15) is 11.6 Å². The number of rotatable bonds is 4. The van der Waals surface area contributed by atoms with Gasteiger partial charge in [-0.05, 0) is 52.3 Å². The number of carbonyl (C=O) groups excluding carboxylic acids is 1. The fourth-order valence-electron chi connectivity index (χ4n) is 2.00. The summed E-state index contributed by atoms with van der Waals surface area (Å²) in [5.41, 5.74) is 6.28. The topological polar surface area (TPSA) is 92.9 Å². The van der Waals surface area contributed by atoms with E-state index >= 15 is 0 Å². The molecule has 1 aromatic rings. The maximum absolute atomic E-state index is 12.0. The lowest BCUT2D eigenvalue weighted by molar-refractivity contribution is -0.156. The summed E-state index contributed by atoms with van der Waals surface area (Å²) >= 11 is 0. The number of amides is 1. The largest absolute Gasteiger partial charge is 0.465 e. The number of hydrogen-bond donors (Lipinski definition) is 2.